The fourth-order valence-electron chi connectivity index (χ4n) is 7.67. The number of benzene rings is 2. The lowest BCUT2D eigenvalue weighted by Crippen LogP contribution is -2.60. The van der Waals surface area contributed by atoms with Gasteiger partial charge in [-0.15, -0.1) is 0 Å². The van der Waals surface area contributed by atoms with E-state index in [0.717, 1.165) is 54.6 Å². The number of alkyl halides is 6. The van der Waals surface area contributed by atoms with Gasteiger partial charge >= 0.3 is 12.4 Å². The van der Waals surface area contributed by atoms with Gasteiger partial charge in [0.2, 0.25) is 11.9 Å². The number of piperidine rings is 2. The van der Waals surface area contributed by atoms with Crippen LogP contribution in [0.25, 0.3) is 11.0 Å². The first-order valence-electron chi connectivity index (χ1n) is 17.3. The average molecular weight is 704 g/mol. The van der Waals surface area contributed by atoms with Crippen molar-refractivity contribution >= 4 is 22.9 Å². The van der Waals surface area contributed by atoms with Gasteiger partial charge < -0.3 is 24.4 Å². The highest BCUT2D eigenvalue weighted by molar-refractivity contribution is 5.87. The smallest absolute Gasteiger partial charge is 0.380 e. The maximum absolute atomic E-state index is 14.7. The summed E-state index contributed by atoms with van der Waals surface area (Å²) in [4.78, 5) is 22.4. The summed E-state index contributed by atoms with van der Waals surface area (Å²) < 4.78 is 92.9. The molecule has 1 N–H and O–H groups in total. The Morgan fingerprint density at radius 1 is 0.980 bits per heavy atom. The SMILES string of the molecule is CCOCCn1c(NC2CCN([C@H]3CCN(C(=O)C4(C(F)(F)F)C=CC=C(C(F)(F)F)C4)[C@H](Cc4ccccc4)C3)CC2)nc2ccccc21. The minimum Gasteiger partial charge on any atom is -0.380 e. The molecule has 270 valence electrons. The second-order valence-corrected chi connectivity index (χ2v) is 13.4. The number of halogens is 6. The van der Waals surface area contributed by atoms with Gasteiger partial charge in [-0.25, -0.2) is 4.98 Å². The third-order valence-electron chi connectivity index (χ3n) is 10.4. The van der Waals surface area contributed by atoms with E-state index in [2.05, 4.69) is 14.8 Å². The maximum Gasteiger partial charge on any atom is 0.412 e. The molecule has 2 saturated heterocycles. The van der Waals surface area contributed by atoms with Crippen molar-refractivity contribution in [2.75, 3.05) is 38.2 Å². The number of nitrogens with zero attached hydrogens (tertiary/aromatic N) is 4. The molecule has 50 heavy (non-hydrogen) atoms. The molecule has 3 aromatic rings. The standard InChI is InChI=1S/C37H43F6N5O2/c1-2-50-22-21-48-32-13-7-6-12-31(32)45-34(48)44-28-14-18-46(19-15-28)29-16-20-47(30(24-29)23-26-9-4-3-5-10-26)33(49)35(37(41,42)43)17-8-11-27(25-35)36(38,39)40/h3-13,17,28-30H,2,14-16,18-25H2,1H3,(H,44,45)/t29-,30+,35?/m0/s1. The summed E-state index contributed by atoms with van der Waals surface area (Å²) in [6.07, 6.45) is -6.88. The van der Waals surface area contributed by atoms with E-state index in [4.69, 9.17) is 9.72 Å². The van der Waals surface area contributed by atoms with Crippen LogP contribution in [0, 0.1) is 5.41 Å². The van der Waals surface area contributed by atoms with E-state index in [9.17, 15) is 31.1 Å². The minimum atomic E-state index is -5.21. The summed E-state index contributed by atoms with van der Waals surface area (Å²) >= 11 is 0. The van der Waals surface area contributed by atoms with Crippen molar-refractivity contribution in [3.05, 3.63) is 84.0 Å². The number of allylic oxidation sites excluding steroid dienone is 3. The summed E-state index contributed by atoms with van der Waals surface area (Å²) in [5.74, 6) is -0.524. The molecule has 2 fully saturated rings. The van der Waals surface area contributed by atoms with E-state index >= 15 is 0 Å². The molecule has 3 atom stereocenters. The van der Waals surface area contributed by atoms with Gasteiger partial charge in [-0.3, -0.25) is 4.79 Å². The lowest BCUT2D eigenvalue weighted by molar-refractivity contribution is -0.218. The number of para-hydroxylation sites is 2. The first-order valence-corrected chi connectivity index (χ1v) is 17.3. The lowest BCUT2D eigenvalue weighted by Gasteiger charge is -2.48. The zero-order chi connectivity index (χ0) is 35.5. The molecule has 2 aliphatic heterocycles. The van der Waals surface area contributed by atoms with Gasteiger partial charge in [0, 0.05) is 62.9 Å². The number of imidazole rings is 1. The number of nitrogens with one attached hydrogen (secondary N) is 1. The van der Waals surface area contributed by atoms with E-state index in [1.54, 1.807) is 0 Å². The highest BCUT2D eigenvalue weighted by Crippen LogP contribution is 2.51. The third kappa shape index (κ3) is 7.58. The maximum atomic E-state index is 14.7. The van der Waals surface area contributed by atoms with Crippen LogP contribution >= 0.6 is 0 Å². The molecule has 1 amide bonds. The molecule has 2 aromatic carbocycles. The molecule has 13 heteroatoms. The van der Waals surface area contributed by atoms with Gasteiger partial charge in [0.25, 0.3) is 0 Å². The van der Waals surface area contributed by atoms with E-state index in [1.165, 1.54) is 4.90 Å². The highest BCUT2D eigenvalue weighted by atomic mass is 19.4. The zero-order valence-electron chi connectivity index (χ0n) is 28.0. The van der Waals surface area contributed by atoms with Gasteiger partial charge in [-0.1, -0.05) is 60.7 Å². The van der Waals surface area contributed by atoms with Gasteiger partial charge in [0.1, 0.15) is 0 Å². The van der Waals surface area contributed by atoms with Crippen molar-refractivity contribution in [1.82, 2.24) is 19.4 Å². The van der Waals surface area contributed by atoms with Gasteiger partial charge in [-0.05, 0) is 56.7 Å². The molecule has 3 aliphatic rings. The zero-order valence-corrected chi connectivity index (χ0v) is 28.0. The largest absolute Gasteiger partial charge is 0.412 e. The van der Waals surface area contributed by atoms with E-state index in [1.807, 2.05) is 61.5 Å². The Labute approximate surface area is 288 Å². The second-order valence-electron chi connectivity index (χ2n) is 13.4. The Kier molecular flexibility index (Phi) is 10.6. The number of hydrogen-bond donors (Lipinski definition) is 1. The first-order chi connectivity index (χ1) is 23.9. The summed E-state index contributed by atoms with van der Waals surface area (Å²) in [7, 11) is 0. The third-order valence-corrected chi connectivity index (χ3v) is 10.4. The minimum absolute atomic E-state index is 0.0128. The van der Waals surface area contributed by atoms with E-state index in [0.29, 0.717) is 51.2 Å². The Hall–Kier alpha value is -3.84. The molecular weight excluding hydrogens is 660 g/mol. The van der Waals surface area contributed by atoms with Crippen LogP contribution in [0.3, 0.4) is 0 Å². The van der Waals surface area contributed by atoms with Crippen molar-refractivity contribution in [1.29, 1.82) is 0 Å². The van der Waals surface area contributed by atoms with Crippen LogP contribution in [0.15, 0.2) is 78.4 Å². The summed E-state index contributed by atoms with van der Waals surface area (Å²) in [6.45, 7) is 5.35. The number of carbonyl (C=O) groups is 1. The number of hydrogen-bond acceptors (Lipinski definition) is 5. The van der Waals surface area contributed by atoms with Crippen LogP contribution in [0.4, 0.5) is 32.3 Å². The number of likely N-dealkylation sites (tertiary alicyclic amines) is 2. The number of amides is 1. The number of rotatable bonds is 10. The molecule has 6 rings (SSSR count). The summed E-state index contributed by atoms with van der Waals surface area (Å²) in [5.41, 5.74) is -1.86. The topological polar surface area (TPSA) is 62.6 Å². The molecule has 0 saturated carbocycles. The summed E-state index contributed by atoms with van der Waals surface area (Å²) in [6, 6.07) is 16.7. The predicted molar refractivity (Wildman–Crippen MR) is 179 cm³/mol. The summed E-state index contributed by atoms with van der Waals surface area (Å²) in [5, 5.41) is 3.64. The van der Waals surface area contributed by atoms with Crippen molar-refractivity contribution < 1.29 is 35.9 Å². The van der Waals surface area contributed by atoms with Gasteiger partial charge in [0.15, 0.2) is 5.41 Å². The van der Waals surface area contributed by atoms with Crippen molar-refractivity contribution in [3.8, 4) is 0 Å². The molecule has 0 spiro atoms. The Morgan fingerprint density at radius 3 is 2.40 bits per heavy atom. The van der Waals surface area contributed by atoms with E-state index < -0.39 is 41.7 Å². The van der Waals surface area contributed by atoms with Gasteiger partial charge in [0.05, 0.1) is 17.6 Å². The van der Waals surface area contributed by atoms with Crippen LogP contribution in [0.5, 0.6) is 0 Å². The number of fused-ring (bicyclic) bond motifs is 1. The molecule has 7 nitrogen and oxygen atoms in total. The van der Waals surface area contributed by atoms with Crippen LogP contribution in [0.1, 0.15) is 44.6 Å². The molecule has 1 aliphatic carbocycles. The van der Waals surface area contributed by atoms with Crippen LogP contribution in [0.2, 0.25) is 0 Å². The van der Waals surface area contributed by atoms with Crippen molar-refractivity contribution in [3.63, 3.8) is 0 Å². The normalized spacial score (nSPS) is 24.1. The highest BCUT2D eigenvalue weighted by Gasteiger charge is 2.63. The van der Waals surface area contributed by atoms with Crippen LogP contribution < -0.4 is 5.32 Å². The molecule has 3 heterocycles. The number of carbonyl (C=O) groups excluding carboxylic acids is 1. The average Bonchev–Trinajstić information content (AvgIpc) is 3.44. The molecule has 1 aromatic heterocycles. The lowest BCUT2D eigenvalue weighted by atomic mass is 9.75. The Bertz CT molecular complexity index is 1680. The molecule has 1 unspecified atom stereocenters. The fourth-order valence-corrected chi connectivity index (χ4v) is 7.67. The van der Waals surface area contributed by atoms with Crippen molar-refractivity contribution in [2.24, 2.45) is 5.41 Å². The quantitative estimate of drug-likeness (QED) is 0.175. The monoisotopic (exact) mass is 703 g/mol. The molecular formula is C37H43F6N5O2. The van der Waals surface area contributed by atoms with Gasteiger partial charge in [-0.2, -0.15) is 26.3 Å². The fraction of sp³-hybridized carbons (Fsp3) is 0.514. The number of anilines is 1. The number of ether oxygens (including phenoxy) is 1. The molecule has 0 bridgehead atoms. The second kappa shape index (κ2) is 14.8. The van der Waals surface area contributed by atoms with Crippen LogP contribution in [-0.2, 0) is 22.5 Å². The first kappa shape index (κ1) is 36.0. The van der Waals surface area contributed by atoms with E-state index in [-0.39, 0.29) is 18.6 Å². The van der Waals surface area contributed by atoms with Crippen molar-refractivity contribution in [2.45, 2.75) is 82.5 Å². The Balaban J connectivity index is 1.16. The molecule has 0 radical (unpaired) electrons. The predicted octanol–water partition coefficient (Wildman–Crippen LogP) is 7.55. The Morgan fingerprint density at radius 2 is 1.70 bits per heavy atom. The number of aromatic nitrogens is 2. The van der Waals surface area contributed by atoms with Crippen LogP contribution in [-0.4, -0.2) is 88.6 Å².